The van der Waals surface area contributed by atoms with Gasteiger partial charge in [0.05, 0.1) is 0 Å². The zero-order valence-electron chi connectivity index (χ0n) is 17.7. The van der Waals surface area contributed by atoms with Gasteiger partial charge in [-0.2, -0.15) is 0 Å². The van der Waals surface area contributed by atoms with Gasteiger partial charge in [-0.15, -0.1) is 0 Å². The van der Waals surface area contributed by atoms with Crippen LogP contribution in [0, 0.1) is 0 Å². The van der Waals surface area contributed by atoms with Crippen molar-refractivity contribution in [2.24, 2.45) is 0 Å². The molecule has 0 fully saturated rings. The molecule has 4 aromatic carbocycles. The number of rotatable bonds is 4. The first-order valence-electron chi connectivity index (χ1n) is 9.89. The molecule has 4 aromatic rings. The predicted molar refractivity (Wildman–Crippen MR) is 170 cm³/mol. The van der Waals surface area contributed by atoms with E-state index in [4.69, 9.17) is 139 Å². The third-order valence-corrected chi connectivity index (χ3v) is 27.1. The van der Waals surface area contributed by atoms with Gasteiger partial charge >= 0.3 is 281 Å². The van der Waals surface area contributed by atoms with E-state index in [9.17, 15) is 0 Å². The van der Waals surface area contributed by atoms with Crippen molar-refractivity contribution in [2.75, 3.05) is 0 Å². The van der Waals surface area contributed by atoms with E-state index in [0.717, 1.165) is 0 Å². The SMILES string of the molecule is Clc1cc(Cl)[c]([Sn]([c]2c(Cl)cc(Cl)cc2Cl)([c]2c(Cl)cc(Cl)cc2Cl)[c]2c(Cl)cc(Cl)cc2Cl)c(Cl)c1. The zero-order chi connectivity index (χ0) is 27.4. The Balaban J connectivity index is 2.46. The fourth-order valence-electron chi connectivity index (χ4n) is 4.35. The normalized spacial score (nSPS) is 11.8. The molecule has 0 spiro atoms. The molecule has 192 valence electrons. The van der Waals surface area contributed by atoms with Gasteiger partial charge in [-0.3, -0.25) is 0 Å². The van der Waals surface area contributed by atoms with Crippen LogP contribution in [0.15, 0.2) is 48.5 Å². The third-order valence-electron chi connectivity index (χ3n) is 5.53. The van der Waals surface area contributed by atoms with Crippen molar-refractivity contribution in [3.8, 4) is 0 Å². The Bertz CT molecular complexity index is 1240. The summed E-state index contributed by atoms with van der Waals surface area (Å²) in [4.78, 5) is 0. The van der Waals surface area contributed by atoms with Crippen LogP contribution < -0.4 is 14.3 Å². The molecule has 0 unspecified atom stereocenters. The van der Waals surface area contributed by atoms with Gasteiger partial charge in [0.15, 0.2) is 0 Å². The summed E-state index contributed by atoms with van der Waals surface area (Å²) in [6.45, 7) is 0. The molecule has 0 saturated carbocycles. The maximum absolute atomic E-state index is 6.92. The summed E-state index contributed by atoms with van der Waals surface area (Å²) in [6.07, 6.45) is 0. The molecular formula is C24H8Cl12Sn. The number of halogens is 12. The first-order valence-corrected chi connectivity index (χ1v) is 20.1. The molecule has 0 atom stereocenters. The summed E-state index contributed by atoms with van der Waals surface area (Å²) in [5, 5.41) is 2.86. The molecule has 0 heterocycles. The van der Waals surface area contributed by atoms with Gasteiger partial charge in [-0.05, 0) is 0 Å². The predicted octanol–water partition coefficient (Wildman–Crippen LogP) is 10.9. The van der Waals surface area contributed by atoms with E-state index in [-0.39, 0.29) is 40.2 Å². The molecule has 0 amide bonds. The molecule has 0 aromatic heterocycles. The molecule has 0 aliphatic heterocycles. The minimum absolute atomic E-state index is 0.208. The van der Waals surface area contributed by atoms with Gasteiger partial charge in [0.1, 0.15) is 0 Å². The second-order valence-electron chi connectivity index (χ2n) is 7.73. The van der Waals surface area contributed by atoms with E-state index in [1.54, 1.807) is 48.5 Å². The van der Waals surface area contributed by atoms with Crippen molar-refractivity contribution in [2.45, 2.75) is 0 Å². The van der Waals surface area contributed by atoms with Crippen LogP contribution >= 0.6 is 139 Å². The number of benzene rings is 4. The van der Waals surface area contributed by atoms with Gasteiger partial charge in [0.25, 0.3) is 0 Å². The van der Waals surface area contributed by atoms with E-state index in [1.165, 1.54) is 0 Å². The molecule has 13 heteroatoms. The van der Waals surface area contributed by atoms with Crippen LogP contribution in [0.3, 0.4) is 0 Å². The first kappa shape index (κ1) is 31.1. The van der Waals surface area contributed by atoms with Crippen LogP contribution in [0.4, 0.5) is 0 Å². The van der Waals surface area contributed by atoms with Crippen molar-refractivity contribution in [1.29, 1.82) is 0 Å². The first-order chi connectivity index (χ1) is 17.3. The van der Waals surface area contributed by atoms with Crippen LogP contribution in [0.25, 0.3) is 0 Å². The van der Waals surface area contributed by atoms with Crippen molar-refractivity contribution in [3.05, 3.63) is 109 Å². The summed E-state index contributed by atoms with van der Waals surface area (Å²) in [5.74, 6) is 0. The van der Waals surface area contributed by atoms with Gasteiger partial charge < -0.3 is 0 Å². The summed E-state index contributed by atoms with van der Waals surface area (Å²) in [6, 6.07) is 12.4. The summed E-state index contributed by atoms with van der Waals surface area (Å²) in [7, 11) is 0. The molecule has 0 N–H and O–H groups in total. The van der Waals surface area contributed by atoms with E-state index < -0.39 is 18.4 Å². The Morgan fingerprint density at radius 1 is 0.270 bits per heavy atom. The van der Waals surface area contributed by atoms with Gasteiger partial charge in [0, 0.05) is 0 Å². The Kier molecular flexibility index (Phi) is 10.2. The van der Waals surface area contributed by atoms with E-state index in [0.29, 0.717) is 34.4 Å². The van der Waals surface area contributed by atoms with Crippen LogP contribution in [0.5, 0.6) is 0 Å². The molecule has 0 aliphatic rings. The standard InChI is InChI=1S/4C6H2Cl3.Sn/c4*7-4-1-5(8)3-6(9)2-4;/h4*1-2H;. The van der Waals surface area contributed by atoms with E-state index in [2.05, 4.69) is 0 Å². The molecule has 0 nitrogen and oxygen atoms in total. The molecule has 0 bridgehead atoms. The Labute approximate surface area is 277 Å². The van der Waals surface area contributed by atoms with Gasteiger partial charge in [0.2, 0.25) is 0 Å². The summed E-state index contributed by atoms with van der Waals surface area (Å²) >= 11 is 75.4. The van der Waals surface area contributed by atoms with E-state index >= 15 is 0 Å². The van der Waals surface area contributed by atoms with E-state index in [1.807, 2.05) is 0 Å². The van der Waals surface area contributed by atoms with Crippen LogP contribution in [-0.2, 0) is 0 Å². The second kappa shape index (κ2) is 12.2. The Hall–Kier alpha value is 1.16. The Morgan fingerprint density at radius 3 is 0.541 bits per heavy atom. The van der Waals surface area contributed by atoms with Crippen molar-refractivity contribution < 1.29 is 0 Å². The average molecular weight is 840 g/mol. The third kappa shape index (κ3) is 5.78. The topological polar surface area (TPSA) is 0 Å². The molecule has 0 radical (unpaired) electrons. The minimum atomic E-state index is -5.22. The number of hydrogen-bond donors (Lipinski definition) is 0. The van der Waals surface area contributed by atoms with Gasteiger partial charge in [-0.25, -0.2) is 0 Å². The fourth-order valence-corrected chi connectivity index (χ4v) is 29.3. The van der Waals surface area contributed by atoms with Crippen molar-refractivity contribution >= 4 is 172 Å². The van der Waals surface area contributed by atoms with Crippen molar-refractivity contribution in [3.63, 3.8) is 0 Å². The van der Waals surface area contributed by atoms with Crippen LogP contribution in [0.2, 0.25) is 60.3 Å². The monoisotopic (exact) mass is 836 g/mol. The zero-order valence-corrected chi connectivity index (χ0v) is 29.6. The number of hydrogen-bond acceptors (Lipinski definition) is 0. The summed E-state index contributed by atoms with van der Waals surface area (Å²) in [5.41, 5.74) is 0. The summed E-state index contributed by atoms with van der Waals surface area (Å²) < 4.78 is 1.80. The van der Waals surface area contributed by atoms with Gasteiger partial charge in [-0.1, -0.05) is 0 Å². The quantitative estimate of drug-likeness (QED) is 0.180. The second-order valence-corrected chi connectivity index (χ2v) is 22.7. The Morgan fingerprint density at radius 2 is 0.405 bits per heavy atom. The molecule has 0 aliphatic carbocycles. The molecular weight excluding hydrogens is 832 g/mol. The fraction of sp³-hybridized carbons (Fsp3) is 0. The maximum atomic E-state index is 6.92. The van der Waals surface area contributed by atoms with Crippen LogP contribution in [0.1, 0.15) is 0 Å². The van der Waals surface area contributed by atoms with Crippen LogP contribution in [-0.4, -0.2) is 18.4 Å². The molecule has 0 saturated heterocycles. The van der Waals surface area contributed by atoms with Crippen molar-refractivity contribution in [1.82, 2.24) is 0 Å². The molecule has 4 rings (SSSR count). The molecule has 37 heavy (non-hydrogen) atoms. The average Bonchev–Trinajstić information content (AvgIpc) is 2.70.